The van der Waals surface area contributed by atoms with Crippen molar-refractivity contribution in [3.8, 4) is 0 Å². The van der Waals surface area contributed by atoms with Crippen LogP contribution in [0.15, 0.2) is 35.3 Å². The molecule has 0 radical (unpaired) electrons. The van der Waals surface area contributed by atoms with Gasteiger partial charge in [-0.2, -0.15) is 0 Å². The van der Waals surface area contributed by atoms with Crippen LogP contribution in [0.2, 0.25) is 0 Å². The van der Waals surface area contributed by atoms with Gasteiger partial charge in [-0.3, -0.25) is 9.69 Å². The van der Waals surface area contributed by atoms with Crippen molar-refractivity contribution >= 4 is 17.9 Å². The molecule has 2 aliphatic rings. The minimum Gasteiger partial charge on any atom is -0.477 e. The van der Waals surface area contributed by atoms with Gasteiger partial charge in [0.1, 0.15) is 24.3 Å². The van der Waals surface area contributed by atoms with Gasteiger partial charge in [0.05, 0.1) is 6.04 Å². The van der Waals surface area contributed by atoms with Crippen LogP contribution in [-0.4, -0.2) is 59.7 Å². The normalized spacial score (nSPS) is 22.1. The minimum atomic E-state index is -0.596. The van der Waals surface area contributed by atoms with Gasteiger partial charge in [0.15, 0.2) is 0 Å². The molecule has 2 heterocycles. The fourth-order valence-corrected chi connectivity index (χ4v) is 3.94. The first kappa shape index (κ1) is 23.1. The maximum atomic E-state index is 13.1. The Kier molecular flexibility index (Phi) is 7.23. The number of likely N-dealkylation sites (tertiary alicyclic amines) is 1. The van der Waals surface area contributed by atoms with Gasteiger partial charge in [-0.1, -0.05) is 44.2 Å². The molecule has 2 amide bonds. The molecular weight excluding hydrogens is 394 g/mol. The number of nitrogens with one attached hydrogen (secondary N) is 1. The van der Waals surface area contributed by atoms with Crippen molar-refractivity contribution in [3.05, 3.63) is 35.9 Å². The van der Waals surface area contributed by atoms with Crippen LogP contribution in [0.25, 0.3) is 0 Å². The van der Waals surface area contributed by atoms with E-state index in [0.29, 0.717) is 25.5 Å². The summed E-state index contributed by atoms with van der Waals surface area (Å²) in [5.74, 6) is 0.500. The third-order valence-electron chi connectivity index (χ3n) is 5.46. The number of amides is 2. The highest BCUT2D eigenvalue weighted by atomic mass is 16.6. The molecule has 0 spiro atoms. The van der Waals surface area contributed by atoms with Crippen molar-refractivity contribution in [1.29, 1.82) is 0 Å². The predicted octanol–water partition coefficient (Wildman–Crippen LogP) is 3.57. The number of carbonyl (C=O) groups excluding carboxylic acids is 2. The Labute approximate surface area is 185 Å². The van der Waals surface area contributed by atoms with E-state index < -0.39 is 17.7 Å². The van der Waals surface area contributed by atoms with Crippen molar-refractivity contribution < 1.29 is 19.1 Å². The van der Waals surface area contributed by atoms with E-state index in [1.54, 1.807) is 0 Å². The molecule has 3 rings (SSSR count). The Morgan fingerprint density at radius 3 is 2.61 bits per heavy atom. The van der Waals surface area contributed by atoms with Crippen molar-refractivity contribution in [2.75, 3.05) is 13.2 Å². The van der Waals surface area contributed by atoms with Crippen LogP contribution >= 0.6 is 0 Å². The molecule has 1 aromatic rings. The van der Waals surface area contributed by atoms with Gasteiger partial charge in [0.25, 0.3) is 0 Å². The predicted molar refractivity (Wildman–Crippen MR) is 120 cm³/mol. The Hall–Kier alpha value is -2.57. The SMILES string of the molecule is CC(C)[C@@H](NC(=O)[C@@H]1CCCN1C(=O)OC(C)(C)C)C1=N[C@H](Cc2ccccc2)CO1. The average molecular weight is 430 g/mol. The van der Waals surface area contributed by atoms with E-state index in [0.717, 1.165) is 12.8 Å². The highest BCUT2D eigenvalue weighted by molar-refractivity contribution is 5.92. The first-order chi connectivity index (χ1) is 14.6. The lowest BCUT2D eigenvalue weighted by Crippen LogP contribution is -2.53. The summed E-state index contributed by atoms with van der Waals surface area (Å²) >= 11 is 0. The number of rotatable bonds is 6. The molecular formula is C24H35N3O4. The Bertz CT molecular complexity index is 801. The second kappa shape index (κ2) is 9.71. The van der Waals surface area contributed by atoms with E-state index in [2.05, 4.69) is 17.4 Å². The van der Waals surface area contributed by atoms with Gasteiger partial charge in [-0.15, -0.1) is 0 Å². The number of hydrogen-bond acceptors (Lipinski definition) is 5. The van der Waals surface area contributed by atoms with Gasteiger partial charge in [-0.25, -0.2) is 9.79 Å². The lowest BCUT2D eigenvalue weighted by molar-refractivity contribution is -0.126. The minimum absolute atomic E-state index is 0.0419. The molecule has 31 heavy (non-hydrogen) atoms. The fraction of sp³-hybridized carbons (Fsp3) is 0.625. The van der Waals surface area contributed by atoms with E-state index in [1.807, 2.05) is 52.8 Å². The van der Waals surface area contributed by atoms with E-state index in [1.165, 1.54) is 10.5 Å². The molecule has 3 atom stereocenters. The smallest absolute Gasteiger partial charge is 0.410 e. The van der Waals surface area contributed by atoms with Crippen LogP contribution in [0.3, 0.4) is 0 Å². The van der Waals surface area contributed by atoms with Gasteiger partial charge >= 0.3 is 6.09 Å². The van der Waals surface area contributed by atoms with Crippen LogP contribution in [0.1, 0.15) is 53.0 Å². The number of carbonyl (C=O) groups is 2. The number of nitrogens with zero attached hydrogens (tertiary/aromatic N) is 2. The lowest BCUT2D eigenvalue weighted by atomic mass is 10.0. The third-order valence-corrected chi connectivity index (χ3v) is 5.46. The van der Waals surface area contributed by atoms with E-state index in [9.17, 15) is 9.59 Å². The second-order valence-electron chi connectivity index (χ2n) is 9.68. The molecule has 1 saturated heterocycles. The van der Waals surface area contributed by atoms with Crippen LogP contribution in [0.5, 0.6) is 0 Å². The second-order valence-corrected chi connectivity index (χ2v) is 9.68. The first-order valence-electron chi connectivity index (χ1n) is 11.2. The number of ether oxygens (including phenoxy) is 2. The van der Waals surface area contributed by atoms with Gasteiger partial charge in [0, 0.05) is 6.54 Å². The summed E-state index contributed by atoms with van der Waals surface area (Å²) in [7, 11) is 0. The quantitative estimate of drug-likeness (QED) is 0.750. The topological polar surface area (TPSA) is 80.2 Å². The summed E-state index contributed by atoms with van der Waals surface area (Å²) in [6.07, 6.45) is 1.77. The van der Waals surface area contributed by atoms with Crippen molar-refractivity contribution in [2.45, 2.75) is 77.6 Å². The maximum Gasteiger partial charge on any atom is 0.410 e. The molecule has 0 unspecified atom stereocenters. The monoisotopic (exact) mass is 429 g/mol. The molecule has 7 nitrogen and oxygen atoms in total. The highest BCUT2D eigenvalue weighted by Crippen LogP contribution is 2.22. The Morgan fingerprint density at radius 2 is 1.97 bits per heavy atom. The van der Waals surface area contributed by atoms with Gasteiger partial charge in [-0.05, 0) is 51.5 Å². The van der Waals surface area contributed by atoms with E-state index in [4.69, 9.17) is 14.5 Å². The summed E-state index contributed by atoms with van der Waals surface area (Å²) < 4.78 is 11.4. The molecule has 0 saturated carbocycles. The van der Waals surface area contributed by atoms with Gasteiger partial charge in [0.2, 0.25) is 11.8 Å². The highest BCUT2D eigenvalue weighted by Gasteiger charge is 2.39. The molecule has 170 valence electrons. The zero-order valence-corrected chi connectivity index (χ0v) is 19.3. The standard InChI is InChI=1S/C24H35N3O4/c1-16(2)20(22-25-18(15-30-22)14-17-10-7-6-8-11-17)26-21(28)19-12-9-13-27(19)23(29)31-24(3,4)5/h6-8,10-11,16,18-20H,9,12-15H2,1-5H3,(H,26,28)/t18-,19+,20-/m1/s1. The first-order valence-corrected chi connectivity index (χ1v) is 11.2. The van der Waals surface area contributed by atoms with Crippen molar-refractivity contribution in [3.63, 3.8) is 0 Å². The molecule has 0 aromatic heterocycles. The molecule has 0 bridgehead atoms. The Balaban J connectivity index is 1.65. The number of aliphatic imine (C=N–C) groups is 1. The summed E-state index contributed by atoms with van der Waals surface area (Å²) in [6.45, 7) is 10.6. The van der Waals surface area contributed by atoms with E-state index >= 15 is 0 Å². The van der Waals surface area contributed by atoms with Crippen molar-refractivity contribution in [1.82, 2.24) is 10.2 Å². The zero-order chi connectivity index (χ0) is 22.6. The third kappa shape index (κ3) is 6.21. The van der Waals surface area contributed by atoms with E-state index in [-0.39, 0.29) is 23.9 Å². The average Bonchev–Trinajstić information content (AvgIpc) is 3.35. The van der Waals surface area contributed by atoms with Crippen LogP contribution < -0.4 is 5.32 Å². The van der Waals surface area contributed by atoms with Crippen molar-refractivity contribution in [2.24, 2.45) is 10.9 Å². The summed E-state index contributed by atoms with van der Waals surface area (Å²) in [5.41, 5.74) is 0.617. The largest absolute Gasteiger partial charge is 0.477 e. The summed E-state index contributed by atoms with van der Waals surface area (Å²) in [6, 6.07) is 9.39. The molecule has 0 aliphatic carbocycles. The molecule has 1 N–H and O–H groups in total. The van der Waals surface area contributed by atoms with Gasteiger partial charge < -0.3 is 14.8 Å². The summed E-state index contributed by atoms with van der Waals surface area (Å²) in [4.78, 5) is 31.9. The summed E-state index contributed by atoms with van der Waals surface area (Å²) in [5, 5.41) is 3.09. The maximum absolute atomic E-state index is 13.1. The fourth-order valence-electron chi connectivity index (χ4n) is 3.94. The molecule has 2 aliphatic heterocycles. The van der Waals surface area contributed by atoms with Crippen LogP contribution in [-0.2, 0) is 20.7 Å². The molecule has 7 heteroatoms. The number of hydrogen-bond donors (Lipinski definition) is 1. The zero-order valence-electron chi connectivity index (χ0n) is 19.3. The lowest BCUT2D eigenvalue weighted by Gasteiger charge is -2.29. The molecule has 1 aromatic carbocycles. The molecule has 1 fully saturated rings. The van der Waals surface area contributed by atoms with Crippen LogP contribution in [0, 0.1) is 5.92 Å². The number of benzene rings is 1. The van der Waals surface area contributed by atoms with Crippen LogP contribution in [0.4, 0.5) is 4.79 Å². The Morgan fingerprint density at radius 1 is 1.26 bits per heavy atom.